The van der Waals surface area contributed by atoms with E-state index < -0.39 is 33.7 Å². The lowest BCUT2D eigenvalue weighted by molar-refractivity contribution is -0.137. The maximum Gasteiger partial charge on any atom is 0.255 e. The number of imide groups is 1. The number of hydrogen-bond acceptors (Lipinski definition) is 15. The molecule has 4 aromatic rings. The van der Waals surface area contributed by atoms with Crippen LogP contribution in [0.25, 0.3) is 0 Å². The molecule has 4 amide bonds. The SMILES string of the molecule is CCc1cc(Nc2ncc(Cl)c(Nc3ccc(OC)cc3NS(C)(=O)=O)n2)c(OC)cc1N1CCC(N2CCN(C(=O)CNc3c(F)ccc4c3CN(C3CCC(=O)NC3=O)C4=O)CC2)CC1. The summed E-state index contributed by atoms with van der Waals surface area (Å²) in [4.78, 5) is 67.8. The van der Waals surface area contributed by atoms with Crippen molar-refractivity contribution < 1.29 is 41.5 Å². The highest BCUT2D eigenvalue weighted by Gasteiger charge is 2.41. The Hall–Kier alpha value is -6.45. The Labute approximate surface area is 392 Å². The minimum Gasteiger partial charge on any atom is -0.497 e. The molecule has 0 aliphatic carbocycles. The van der Waals surface area contributed by atoms with Gasteiger partial charge in [-0.15, -0.1) is 0 Å². The van der Waals surface area contributed by atoms with Crippen LogP contribution in [-0.4, -0.2) is 135 Å². The number of hydrogen-bond donors (Lipinski definition) is 5. The van der Waals surface area contributed by atoms with E-state index in [-0.39, 0.29) is 71.5 Å². The van der Waals surface area contributed by atoms with Crippen LogP contribution in [0, 0.1) is 5.82 Å². The van der Waals surface area contributed by atoms with E-state index in [4.69, 9.17) is 21.1 Å². The van der Waals surface area contributed by atoms with Crippen LogP contribution in [-0.2, 0) is 37.4 Å². The number of benzene rings is 3. The summed E-state index contributed by atoms with van der Waals surface area (Å²) in [6.45, 7) is 6.05. The third-order valence-corrected chi connectivity index (χ3v) is 13.5. The van der Waals surface area contributed by atoms with E-state index in [9.17, 15) is 27.6 Å². The summed E-state index contributed by atoms with van der Waals surface area (Å²) < 4.78 is 53.0. The Bertz CT molecular complexity index is 2700. The summed E-state index contributed by atoms with van der Waals surface area (Å²) in [5.41, 5.74) is 4.20. The molecule has 3 fully saturated rings. The first kappa shape index (κ1) is 47.1. The van der Waals surface area contributed by atoms with Crippen LogP contribution in [0.3, 0.4) is 0 Å². The number of nitrogens with zero attached hydrogens (tertiary/aromatic N) is 6. The Morgan fingerprint density at radius 3 is 2.39 bits per heavy atom. The van der Waals surface area contributed by atoms with Crippen LogP contribution >= 0.6 is 11.6 Å². The van der Waals surface area contributed by atoms with Crippen molar-refractivity contribution in [2.45, 2.75) is 57.7 Å². The fourth-order valence-electron chi connectivity index (χ4n) is 9.15. The summed E-state index contributed by atoms with van der Waals surface area (Å²) in [6.07, 6.45) is 5.41. The van der Waals surface area contributed by atoms with Gasteiger partial charge in [0, 0.05) is 87.2 Å². The third kappa shape index (κ3) is 10.4. The van der Waals surface area contributed by atoms with E-state index in [1.807, 2.05) is 12.1 Å². The van der Waals surface area contributed by atoms with Gasteiger partial charge in [-0.2, -0.15) is 4.98 Å². The Morgan fingerprint density at radius 2 is 1.70 bits per heavy atom. The van der Waals surface area contributed by atoms with Crippen LogP contribution in [0.2, 0.25) is 5.02 Å². The number of rotatable bonds is 15. The number of ether oxygens (including phenoxy) is 2. The minimum absolute atomic E-state index is 0.00709. The van der Waals surface area contributed by atoms with Crippen molar-refractivity contribution in [2.75, 3.05) is 91.9 Å². The number of aromatic nitrogens is 2. The van der Waals surface area contributed by atoms with Gasteiger partial charge < -0.3 is 40.1 Å². The molecule has 0 bridgehead atoms. The van der Waals surface area contributed by atoms with Gasteiger partial charge in [0.05, 0.1) is 56.0 Å². The largest absolute Gasteiger partial charge is 0.497 e. The fraction of sp³-hybridized carbons (Fsp3) is 0.422. The van der Waals surface area contributed by atoms with E-state index in [0.717, 1.165) is 49.9 Å². The predicted octanol–water partition coefficient (Wildman–Crippen LogP) is 4.69. The van der Waals surface area contributed by atoms with Crippen molar-refractivity contribution in [1.29, 1.82) is 0 Å². The van der Waals surface area contributed by atoms with Crippen molar-refractivity contribution in [1.82, 2.24) is 30.0 Å². The molecule has 8 rings (SSSR count). The van der Waals surface area contributed by atoms with Gasteiger partial charge in [0.25, 0.3) is 5.91 Å². The monoisotopic (exact) mass is 961 g/mol. The Morgan fingerprint density at radius 1 is 0.940 bits per heavy atom. The molecule has 1 aromatic heterocycles. The highest BCUT2D eigenvalue weighted by molar-refractivity contribution is 7.92. The number of halogens is 2. The number of carbonyl (C=O) groups excluding carboxylic acids is 4. The van der Waals surface area contributed by atoms with Crippen LogP contribution in [0.15, 0.2) is 48.7 Å². The quantitative estimate of drug-likeness (QED) is 0.102. The van der Waals surface area contributed by atoms with Crippen molar-refractivity contribution in [3.05, 3.63) is 76.2 Å². The van der Waals surface area contributed by atoms with Gasteiger partial charge in [-0.1, -0.05) is 18.5 Å². The first-order valence-electron chi connectivity index (χ1n) is 22.0. The molecule has 3 aromatic carbocycles. The molecule has 4 aliphatic rings. The van der Waals surface area contributed by atoms with Gasteiger partial charge in [0.1, 0.15) is 28.4 Å². The molecule has 67 heavy (non-hydrogen) atoms. The third-order valence-electron chi connectivity index (χ3n) is 12.6. The van der Waals surface area contributed by atoms with Crippen molar-refractivity contribution in [2.24, 2.45) is 0 Å². The number of amides is 4. The lowest BCUT2D eigenvalue weighted by Gasteiger charge is -2.43. The summed E-state index contributed by atoms with van der Waals surface area (Å²) >= 11 is 6.50. The lowest BCUT2D eigenvalue weighted by atomic mass is 9.99. The number of nitrogens with one attached hydrogen (secondary N) is 5. The molecular weight excluding hydrogens is 909 g/mol. The standard InChI is InChI=1S/C45H53ClFN11O8S/c1-5-26-20-35(51-45-49-23-31(46)42(53-45)50-33-9-6-28(65-2)21-34(33)54-67(4,63)64)38(66-3)22-37(26)56-14-12-27(13-15-56)55-16-18-57(19-17-55)40(60)24-48-41-30-25-58(36-10-11-39(59)52-43(36)61)44(62)29(30)7-8-32(41)47/h6-9,20-23,27,36,48,54H,5,10-19,24-25H2,1-4H3,(H,52,59,61)(H2,49,50,51,53). The molecule has 5 heterocycles. The number of aryl methyl sites for hydroxylation is 1. The number of fused-ring (bicyclic) bond motifs is 1. The predicted molar refractivity (Wildman–Crippen MR) is 252 cm³/mol. The molecule has 356 valence electrons. The average molecular weight is 963 g/mol. The van der Waals surface area contributed by atoms with Crippen LogP contribution in [0.5, 0.6) is 11.5 Å². The molecule has 1 atom stereocenters. The van der Waals surface area contributed by atoms with Crippen molar-refractivity contribution >= 4 is 85.5 Å². The topological polar surface area (TPSA) is 220 Å². The normalized spacial score (nSPS) is 18.1. The fourth-order valence-corrected chi connectivity index (χ4v) is 9.86. The molecule has 0 radical (unpaired) electrons. The van der Waals surface area contributed by atoms with Crippen molar-refractivity contribution in [3.8, 4) is 11.5 Å². The van der Waals surface area contributed by atoms with E-state index in [1.54, 1.807) is 30.2 Å². The highest BCUT2D eigenvalue weighted by atomic mass is 35.5. The second-order valence-corrected chi connectivity index (χ2v) is 19.0. The van der Waals surface area contributed by atoms with E-state index >= 15 is 4.39 Å². The van der Waals surface area contributed by atoms with Crippen LogP contribution in [0.4, 0.5) is 44.6 Å². The number of piperazine rings is 1. The molecule has 22 heteroatoms. The number of anilines is 7. The maximum absolute atomic E-state index is 15.2. The summed E-state index contributed by atoms with van der Waals surface area (Å²) in [5, 5.41) is 11.8. The van der Waals surface area contributed by atoms with Gasteiger partial charge in [0.15, 0.2) is 5.82 Å². The lowest BCUT2D eigenvalue weighted by Crippen LogP contribution is -2.55. The molecular formula is C45H53ClFN11O8S. The van der Waals surface area contributed by atoms with Crippen molar-refractivity contribution in [3.63, 3.8) is 0 Å². The number of carbonyl (C=O) groups is 4. The van der Waals surface area contributed by atoms with Gasteiger partial charge >= 0.3 is 0 Å². The first-order valence-corrected chi connectivity index (χ1v) is 24.3. The molecule has 0 spiro atoms. The molecule has 0 saturated carbocycles. The summed E-state index contributed by atoms with van der Waals surface area (Å²) in [5.74, 6) is -0.607. The van der Waals surface area contributed by atoms with Gasteiger partial charge in [-0.25, -0.2) is 17.8 Å². The van der Waals surface area contributed by atoms with Gasteiger partial charge in [-0.05, 0) is 61.6 Å². The second-order valence-electron chi connectivity index (χ2n) is 16.8. The molecule has 3 saturated heterocycles. The zero-order chi connectivity index (χ0) is 47.6. The van der Waals surface area contributed by atoms with E-state index in [0.29, 0.717) is 60.7 Å². The Balaban J connectivity index is 0.852. The highest BCUT2D eigenvalue weighted by Crippen LogP contribution is 2.39. The van der Waals surface area contributed by atoms with Crippen LogP contribution in [0.1, 0.15) is 54.1 Å². The summed E-state index contributed by atoms with van der Waals surface area (Å²) in [7, 11) is -0.529. The molecule has 1 unspecified atom stereocenters. The van der Waals surface area contributed by atoms with Gasteiger partial charge in [-0.3, -0.25) is 34.1 Å². The summed E-state index contributed by atoms with van der Waals surface area (Å²) in [6, 6.07) is 11.0. The number of sulfonamides is 1. The van der Waals surface area contributed by atoms with Gasteiger partial charge in [0.2, 0.25) is 33.7 Å². The first-order chi connectivity index (χ1) is 32.1. The molecule has 4 aliphatic heterocycles. The molecule has 5 N–H and O–H groups in total. The zero-order valence-corrected chi connectivity index (χ0v) is 39.2. The minimum atomic E-state index is -3.62. The van der Waals surface area contributed by atoms with E-state index in [2.05, 4.69) is 52.7 Å². The maximum atomic E-state index is 15.2. The Kier molecular flexibility index (Phi) is 13.9. The second kappa shape index (κ2) is 19.8. The zero-order valence-electron chi connectivity index (χ0n) is 37.6. The smallest absolute Gasteiger partial charge is 0.255 e. The van der Waals surface area contributed by atoms with E-state index in [1.165, 1.54) is 30.3 Å². The number of methoxy groups -OCH3 is 2. The number of piperidine rings is 2. The molecule has 19 nitrogen and oxygen atoms in total. The average Bonchev–Trinajstić information content (AvgIpc) is 3.64. The van der Waals surface area contributed by atoms with Crippen LogP contribution < -0.4 is 40.4 Å².